The highest BCUT2D eigenvalue weighted by Crippen LogP contribution is 2.11. The first-order valence-electron chi connectivity index (χ1n) is 12.5. The van der Waals surface area contributed by atoms with Crippen LogP contribution in [0.15, 0.2) is 54.6 Å². The predicted octanol–water partition coefficient (Wildman–Crippen LogP) is -0.328. The van der Waals surface area contributed by atoms with Gasteiger partial charge in [-0.3, -0.25) is 19.2 Å². The molecular weight excluding hydrogens is 538 g/mol. The minimum absolute atomic E-state index is 0.0187. The normalized spacial score (nSPS) is 13.8. The number of thioether (sulfide) groups is 1. The van der Waals surface area contributed by atoms with Gasteiger partial charge in [-0.25, -0.2) is 4.79 Å². The molecule has 4 unspecified atom stereocenters. The number of aliphatic carboxylic acids is 1. The van der Waals surface area contributed by atoms with Crippen LogP contribution in [0, 0.1) is 0 Å². The van der Waals surface area contributed by atoms with E-state index in [1.54, 1.807) is 42.5 Å². The van der Waals surface area contributed by atoms with Crippen molar-refractivity contribution in [3.8, 4) is 5.75 Å². The quantitative estimate of drug-likeness (QED) is 0.140. The van der Waals surface area contributed by atoms with E-state index >= 15 is 0 Å². The van der Waals surface area contributed by atoms with E-state index in [1.807, 2.05) is 6.26 Å². The zero-order valence-electron chi connectivity index (χ0n) is 22.0. The lowest BCUT2D eigenvalue weighted by atomic mass is 10.0. The first kappa shape index (κ1) is 32.1. The van der Waals surface area contributed by atoms with Gasteiger partial charge in [0, 0.05) is 6.42 Å². The molecule has 4 amide bonds. The molecule has 0 radical (unpaired) electrons. The van der Waals surface area contributed by atoms with Crippen molar-refractivity contribution in [1.29, 1.82) is 0 Å². The summed E-state index contributed by atoms with van der Waals surface area (Å²) in [6, 6.07) is 9.88. The van der Waals surface area contributed by atoms with Gasteiger partial charge in [-0.05, 0) is 48.1 Å². The van der Waals surface area contributed by atoms with E-state index in [4.69, 9.17) is 11.5 Å². The van der Waals surface area contributed by atoms with E-state index in [-0.39, 0.29) is 25.0 Å². The van der Waals surface area contributed by atoms with E-state index in [9.17, 15) is 34.2 Å². The second-order valence-electron chi connectivity index (χ2n) is 9.14. The largest absolute Gasteiger partial charge is 0.508 e. The van der Waals surface area contributed by atoms with Crippen molar-refractivity contribution in [2.24, 2.45) is 11.5 Å². The number of carboxylic acids is 1. The summed E-state index contributed by atoms with van der Waals surface area (Å²) >= 11 is 1.42. The first-order valence-corrected chi connectivity index (χ1v) is 13.9. The Morgan fingerprint density at radius 3 is 1.93 bits per heavy atom. The molecule has 2 aromatic carbocycles. The van der Waals surface area contributed by atoms with Crippen molar-refractivity contribution >= 4 is 41.4 Å². The number of carbonyl (C=O) groups is 5. The van der Waals surface area contributed by atoms with E-state index in [1.165, 1.54) is 23.9 Å². The molecule has 0 heterocycles. The van der Waals surface area contributed by atoms with Crippen LogP contribution in [0.25, 0.3) is 0 Å². The third-order valence-corrected chi connectivity index (χ3v) is 6.55. The molecule has 0 spiro atoms. The number of rotatable bonds is 16. The van der Waals surface area contributed by atoms with Gasteiger partial charge in [0.2, 0.25) is 23.6 Å². The number of phenolic OH excluding ortho intramolecular Hbond substituents is 1. The third kappa shape index (κ3) is 10.9. The zero-order chi connectivity index (χ0) is 29.7. The standard InChI is InChI=1S/C27H35N5O7S/c1-40-12-11-20(27(38)39)30-25(36)21(14-16-5-3-2-4-6-16)32-26(37)22(15-23(29)34)31-24(35)19(28)13-17-7-9-18(33)10-8-17/h2-10,19-22,33H,11-15,28H2,1H3,(H2,29,34)(H,30,36)(H,31,35)(H,32,37)(H,38,39). The topological polar surface area (TPSA) is 214 Å². The Hall–Kier alpha value is -4.10. The summed E-state index contributed by atoms with van der Waals surface area (Å²) in [4.78, 5) is 62.5. The fourth-order valence-electron chi connectivity index (χ4n) is 3.76. The monoisotopic (exact) mass is 573 g/mol. The number of nitrogens with one attached hydrogen (secondary N) is 3. The van der Waals surface area contributed by atoms with Crippen LogP contribution in [0.3, 0.4) is 0 Å². The molecule has 13 heteroatoms. The smallest absolute Gasteiger partial charge is 0.326 e. The summed E-state index contributed by atoms with van der Waals surface area (Å²) in [5, 5.41) is 26.4. The Kier molecular flexibility index (Phi) is 12.9. The Balaban J connectivity index is 2.19. The number of hydrogen-bond acceptors (Lipinski definition) is 8. The lowest BCUT2D eigenvalue weighted by Gasteiger charge is -2.25. The fraction of sp³-hybridized carbons (Fsp3) is 0.370. The number of phenols is 1. The van der Waals surface area contributed by atoms with Crippen LogP contribution in [0.5, 0.6) is 5.75 Å². The first-order chi connectivity index (χ1) is 19.0. The van der Waals surface area contributed by atoms with Crippen LogP contribution in [0.4, 0.5) is 0 Å². The molecule has 0 aromatic heterocycles. The van der Waals surface area contributed by atoms with E-state index < -0.39 is 60.2 Å². The van der Waals surface area contributed by atoms with Gasteiger partial charge in [0.1, 0.15) is 23.9 Å². The van der Waals surface area contributed by atoms with Gasteiger partial charge in [-0.15, -0.1) is 0 Å². The molecule has 0 fully saturated rings. The fourth-order valence-corrected chi connectivity index (χ4v) is 4.24. The lowest BCUT2D eigenvalue weighted by Crippen LogP contribution is -2.58. The summed E-state index contributed by atoms with van der Waals surface area (Å²) in [5.74, 6) is -3.89. The predicted molar refractivity (Wildman–Crippen MR) is 150 cm³/mol. The summed E-state index contributed by atoms with van der Waals surface area (Å²) in [7, 11) is 0. The molecule has 4 atom stereocenters. The minimum Gasteiger partial charge on any atom is -0.508 e. The number of nitrogens with two attached hydrogens (primary N) is 2. The van der Waals surface area contributed by atoms with Crippen LogP contribution in [-0.4, -0.2) is 76.0 Å². The van der Waals surface area contributed by atoms with Crippen LogP contribution in [-0.2, 0) is 36.8 Å². The van der Waals surface area contributed by atoms with Crippen molar-refractivity contribution in [2.75, 3.05) is 12.0 Å². The van der Waals surface area contributed by atoms with Gasteiger partial charge in [0.05, 0.1) is 12.5 Å². The highest BCUT2D eigenvalue weighted by atomic mass is 32.2. The Labute approximate surface area is 236 Å². The van der Waals surface area contributed by atoms with Crippen molar-refractivity contribution in [3.63, 3.8) is 0 Å². The molecule has 0 aliphatic rings. The summed E-state index contributed by atoms with van der Waals surface area (Å²) in [5.41, 5.74) is 12.6. The van der Waals surface area contributed by atoms with Crippen LogP contribution >= 0.6 is 11.8 Å². The summed E-state index contributed by atoms with van der Waals surface area (Å²) in [6.07, 6.45) is 1.53. The molecule has 2 aromatic rings. The van der Waals surface area contributed by atoms with Gasteiger partial charge in [0.15, 0.2) is 0 Å². The summed E-state index contributed by atoms with van der Waals surface area (Å²) < 4.78 is 0. The number of primary amides is 1. The second kappa shape index (κ2) is 16.1. The number of aromatic hydroxyl groups is 1. The maximum Gasteiger partial charge on any atom is 0.326 e. The van der Waals surface area contributed by atoms with Gasteiger partial charge >= 0.3 is 5.97 Å². The van der Waals surface area contributed by atoms with Crippen molar-refractivity contribution in [2.45, 2.75) is 49.9 Å². The highest BCUT2D eigenvalue weighted by molar-refractivity contribution is 7.98. The Bertz CT molecular complexity index is 1160. The third-order valence-electron chi connectivity index (χ3n) is 5.91. The molecule has 216 valence electrons. The SMILES string of the molecule is CSCCC(NC(=O)C(Cc1ccccc1)NC(=O)C(CC(N)=O)NC(=O)C(N)Cc1ccc(O)cc1)C(=O)O. The molecule has 9 N–H and O–H groups in total. The Morgan fingerprint density at radius 2 is 1.35 bits per heavy atom. The second-order valence-corrected chi connectivity index (χ2v) is 10.1. The zero-order valence-corrected chi connectivity index (χ0v) is 22.9. The van der Waals surface area contributed by atoms with Gasteiger partial charge < -0.3 is 37.6 Å². The number of carboxylic acid groups (broad SMARTS) is 1. The van der Waals surface area contributed by atoms with Gasteiger partial charge in [-0.2, -0.15) is 11.8 Å². The van der Waals surface area contributed by atoms with Crippen LogP contribution in [0.1, 0.15) is 24.0 Å². The molecule has 0 saturated heterocycles. The molecule has 2 rings (SSSR count). The molecule has 12 nitrogen and oxygen atoms in total. The number of carbonyl (C=O) groups excluding carboxylic acids is 4. The molecule has 0 aliphatic heterocycles. The number of hydrogen-bond donors (Lipinski definition) is 7. The maximum absolute atomic E-state index is 13.2. The van der Waals surface area contributed by atoms with Crippen molar-refractivity contribution in [3.05, 3.63) is 65.7 Å². The van der Waals surface area contributed by atoms with Gasteiger partial charge in [0.25, 0.3) is 0 Å². The van der Waals surface area contributed by atoms with E-state index in [2.05, 4.69) is 16.0 Å². The van der Waals surface area contributed by atoms with Crippen molar-refractivity contribution in [1.82, 2.24) is 16.0 Å². The molecular formula is C27H35N5O7S. The highest BCUT2D eigenvalue weighted by Gasteiger charge is 2.31. The lowest BCUT2D eigenvalue weighted by molar-refractivity contribution is -0.142. The van der Waals surface area contributed by atoms with Crippen molar-refractivity contribution < 1.29 is 34.2 Å². The average molecular weight is 574 g/mol. The maximum atomic E-state index is 13.2. The average Bonchev–Trinajstić information content (AvgIpc) is 2.91. The van der Waals surface area contributed by atoms with Gasteiger partial charge in [-0.1, -0.05) is 42.5 Å². The molecule has 0 aliphatic carbocycles. The van der Waals surface area contributed by atoms with E-state index in [0.29, 0.717) is 16.9 Å². The van der Waals surface area contributed by atoms with Crippen LogP contribution in [0.2, 0.25) is 0 Å². The van der Waals surface area contributed by atoms with Crippen LogP contribution < -0.4 is 27.4 Å². The molecule has 40 heavy (non-hydrogen) atoms. The minimum atomic E-state index is -1.44. The molecule has 0 bridgehead atoms. The Morgan fingerprint density at radius 1 is 0.800 bits per heavy atom. The number of benzene rings is 2. The molecule has 0 saturated carbocycles. The summed E-state index contributed by atoms with van der Waals surface area (Å²) in [6.45, 7) is 0. The number of amides is 4. The van der Waals surface area contributed by atoms with E-state index in [0.717, 1.165) is 0 Å².